The van der Waals surface area contributed by atoms with E-state index < -0.39 is 36.8 Å². The number of ether oxygens (including phenoxy) is 5. The van der Waals surface area contributed by atoms with Crippen LogP contribution < -0.4 is 38.0 Å². The van der Waals surface area contributed by atoms with Gasteiger partial charge in [0.15, 0.2) is 6.23 Å². The maximum Gasteiger partial charge on any atom is 0.351 e. The quantitative estimate of drug-likeness (QED) is 0.0224. The van der Waals surface area contributed by atoms with E-state index in [4.69, 9.17) is 29.4 Å². The number of hydrogen-bond acceptors (Lipinski definition) is 18. The molecule has 0 spiro atoms. The highest BCUT2D eigenvalue weighted by Crippen LogP contribution is 2.33. The molecule has 7 atom stereocenters. The highest BCUT2D eigenvalue weighted by atomic mass is 33.1. The number of unbranched alkanes of at least 4 members (excludes halogenated alkanes) is 1. The third kappa shape index (κ3) is 18.7. The van der Waals surface area contributed by atoms with Crippen molar-refractivity contribution in [2.45, 2.75) is 93.2 Å². The van der Waals surface area contributed by atoms with Gasteiger partial charge in [0.25, 0.3) is 0 Å². The minimum absolute atomic E-state index is 0.0179. The molecule has 0 saturated carbocycles. The number of carbonyl (C=O) groups is 4. The lowest BCUT2D eigenvalue weighted by atomic mass is 10.0. The Bertz CT molecular complexity index is 1590. The SMILES string of the molecule is Nc1nc(=O)n([C@@H]2O[C@H](CO)[C@H](O)C2O)cc1CCCNC(=O)CCSSCCNC(=O)CCOCCOCCOCCOCCNC(=O)CCCC[C@@H]1SC[C@@H]2NC(=O)N[C@@H]21. The Morgan fingerprint density at radius 1 is 0.823 bits per heavy atom. The topological polar surface area (TPSA) is 296 Å². The smallest absolute Gasteiger partial charge is 0.351 e. The molecule has 352 valence electrons. The molecule has 1 aromatic heterocycles. The number of amides is 5. The summed E-state index contributed by atoms with van der Waals surface area (Å²) >= 11 is 1.89. The number of carbonyl (C=O) groups excluding carboxylic acids is 4. The number of aliphatic hydroxyl groups is 3. The van der Waals surface area contributed by atoms with E-state index in [1.807, 2.05) is 11.8 Å². The van der Waals surface area contributed by atoms with Gasteiger partial charge in [0.05, 0.1) is 71.5 Å². The van der Waals surface area contributed by atoms with Crippen LogP contribution in [0.5, 0.6) is 0 Å². The number of thioether (sulfide) groups is 1. The standard InChI is InChI=1S/C38H64N8O13S3/c39-35-25(22-46(38(54)45-35)36-34(52)33(51)27(23-47)59-36)4-3-9-40-31(50)8-20-61-62-21-11-42-30(49)7-12-55-14-16-57-18-19-58-17-15-56-13-10-41-29(48)6-2-1-5-28-32-26(24-60-28)43-37(53)44-32/h22,26-28,32-34,36,47,51-52H,1-21,23-24H2,(H,40,50)(H,41,48)(H,42,49)(H2,39,45,54)(H2,43,44,53)/t26-,27+,28-,32-,33-,34?,36+/m0/s1. The molecular formula is C38H64N8O13S3. The molecule has 3 aliphatic rings. The van der Waals surface area contributed by atoms with Gasteiger partial charge >= 0.3 is 11.7 Å². The number of hydrogen-bond donors (Lipinski definition) is 9. The van der Waals surface area contributed by atoms with E-state index in [-0.39, 0.29) is 54.7 Å². The average molecular weight is 937 g/mol. The maximum absolute atomic E-state index is 12.4. The van der Waals surface area contributed by atoms with Crippen molar-refractivity contribution in [3.05, 3.63) is 22.2 Å². The van der Waals surface area contributed by atoms with E-state index in [0.29, 0.717) is 114 Å². The minimum Gasteiger partial charge on any atom is -0.394 e. The first-order valence-electron chi connectivity index (χ1n) is 21.1. The molecule has 62 heavy (non-hydrogen) atoms. The summed E-state index contributed by atoms with van der Waals surface area (Å²) in [6.45, 7) is 3.91. The van der Waals surface area contributed by atoms with Crippen LogP contribution in [0.25, 0.3) is 0 Å². The molecule has 5 amide bonds. The van der Waals surface area contributed by atoms with Crippen LogP contribution in [0.2, 0.25) is 0 Å². The first-order chi connectivity index (χ1) is 30.1. The van der Waals surface area contributed by atoms with E-state index in [1.54, 1.807) is 21.6 Å². The zero-order chi connectivity index (χ0) is 44.5. The largest absolute Gasteiger partial charge is 0.394 e. The van der Waals surface area contributed by atoms with Gasteiger partial charge in [-0.25, -0.2) is 9.59 Å². The number of nitrogens with zero attached hydrogens (tertiary/aromatic N) is 2. The minimum atomic E-state index is -1.43. The van der Waals surface area contributed by atoms with Crippen LogP contribution in [0.15, 0.2) is 11.0 Å². The van der Waals surface area contributed by atoms with E-state index in [1.165, 1.54) is 6.20 Å². The van der Waals surface area contributed by atoms with Crippen LogP contribution in [0.1, 0.15) is 56.7 Å². The predicted octanol–water partition coefficient (Wildman–Crippen LogP) is -1.33. The predicted molar refractivity (Wildman–Crippen MR) is 235 cm³/mol. The van der Waals surface area contributed by atoms with E-state index in [0.717, 1.165) is 29.6 Å². The number of fused-ring (bicyclic) bond motifs is 1. The van der Waals surface area contributed by atoms with Crippen molar-refractivity contribution < 1.29 is 58.2 Å². The number of aryl methyl sites for hydroxylation is 1. The molecule has 3 fully saturated rings. The van der Waals surface area contributed by atoms with Gasteiger partial charge in [0, 0.05) is 73.2 Å². The van der Waals surface area contributed by atoms with Crippen LogP contribution in [0, 0.1) is 0 Å². The van der Waals surface area contributed by atoms with Crippen LogP contribution >= 0.6 is 33.3 Å². The van der Waals surface area contributed by atoms with Gasteiger partial charge in [-0.1, -0.05) is 28.0 Å². The fourth-order valence-electron chi connectivity index (χ4n) is 6.73. The molecule has 0 radical (unpaired) electrons. The van der Waals surface area contributed by atoms with Gasteiger partial charge < -0.3 is 71.3 Å². The van der Waals surface area contributed by atoms with Gasteiger partial charge in [-0.2, -0.15) is 16.7 Å². The number of aromatic nitrogens is 2. The van der Waals surface area contributed by atoms with Crippen LogP contribution in [-0.4, -0.2) is 181 Å². The van der Waals surface area contributed by atoms with Crippen molar-refractivity contribution >= 4 is 62.9 Å². The van der Waals surface area contributed by atoms with Crippen molar-refractivity contribution in [2.24, 2.45) is 0 Å². The summed E-state index contributed by atoms with van der Waals surface area (Å²) in [4.78, 5) is 64.0. The molecule has 3 aliphatic heterocycles. The molecular weight excluding hydrogens is 873 g/mol. The Labute approximate surface area is 373 Å². The number of nitrogen functional groups attached to an aromatic ring is 1. The summed E-state index contributed by atoms with van der Waals surface area (Å²) in [5.74, 6) is 2.05. The van der Waals surface area contributed by atoms with Gasteiger partial charge in [-0.3, -0.25) is 19.0 Å². The summed E-state index contributed by atoms with van der Waals surface area (Å²) in [5.41, 5.74) is 5.67. The second-order valence-electron chi connectivity index (χ2n) is 14.7. The van der Waals surface area contributed by atoms with Crippen molar-refractivity contribution in [2.75, 3.05) is 102 Å². The average Bonchev–Trinajstić information content (AvgIpc) is 3.90. The normalized spacial score (nSPS) is 22.9. The Kier molecular flexibility index (Phi) is 24.6. The van der Waals surface area contributed by atoms with Gasteiger partial charge in [0.1, 0.15) is 24.1 Å². The summed E-state index contributed by atoms with van der Waals surface area (Å²) in [5, 5.41) is 44.5. The summed E-state index contributed by atoms with van der Waals surface area (Å²) < 4.78 is 28.4. The van der Waals surface area contributed by atoms with Crippen molar-refractivity contribution in [3.8, 4) is 0 Å². The summed E-state index contributed by atoms with van der Waals surface area (Å²) in [7, 11) is 3.10. The Morgan fingerprint density at radius 3 is 2.19 bits per heavy atom. The van der Waals surface area contributed by atoms with E-state index >= 15 is 0 Å². The fraction of sp³-hybridized carbons (Fsp3) is 0.789. The van der Waals surface area contributed by atoms with Crippen molar-refractivity contribution in [1.82, 2.24) is 36.1 Å². The molecule has 1 aromatic rings. The number of anilines is 1. The lowest BCUT2D eigenvalue weighted by Crippen LogP contribution is -2.36. The molecule has 1 unspecified atom stereocenters. The first kappa shape index (κ1) is 51.7. The molecule has 0 aliphatic carbocycles. The summed E-state index contributed by atoms with van der Waals surface area (Å²) in [6.07, 6.45) is 1.08. The molecule has 3 saturated heterocycles. The Morgan fingerprint density at radius 2 is 1.47 bits per heavy atom. The summed E-state index contributed by atoms with van der Waals surface area (Å²) in [6, 6.07) is 0.354. The highest BCUT2D eigenvalue weighted by Gasteiger charge is 2.44. The van der Waals surface area contributed by atoms with Crippen molar-refractivity contribution in [3.63, 3.8) is 0 Å². The molecule has 0 bridgehead atoms. The second kappa shape index (κ2) is 29.5. The third-order valence-corrected chi connectivity index (χ3v) is 14.0. The monoisotopic (exact) mass is 936 g/mol. The lowest BCUT2D eigenvalue weighted by molar-refractivity contribution is -0.122. The van der Waals surface area contributed by atoms with E-state index in [9.17, 15) is 39.3 Å². The molecule has 21 nitrogen and oxygen atoms in total. The zero-order valence-corrected chi connectivity index (χ0v) is 37.5. The lowest BCUT2D eigenvalue weighted by Gasteiger charge is -2.18. The molecule has 0 aromatic carbocycles. The highest BCUT2D eigenvalue weighted by molar-refractivity contribution is 8.76. The molecule has 24 heteroatoms. The molecule has 4 heterocycles. The number of rotatable bonds is 33. The van der Waals surface area contributed by atoms with Crippen LogP contribution in [-0.2, 0) is 44.5 Å². The first-order valence-corrected chi connectivity index (χ1v) is 24.6. The van der Waals surface area contributed by atoms with Gasteiger partial charge in [-0.05, 0) is 25.7 Å². The van der Waals surface area contributed by atoms with Crippen molar-refractivity contribution in [1.29, 1.82) is 0 Å². The Balaban J connectivity index is 0.844. The molecule has 4 rings (SSSR count). The number of nitrogens with one attached hydrogen (secondary N) is 5. The second-order valence-corrected chi connectivity index (χ2v) is 18.7. The van der Waals surface area contributed by atoms with Gasteiger partial charge in [0.2, 0.25) is 17.7 Å². The third-order valence-electron chi connectivity index (χ3n) is 10.0. The maximum atomic E-state index is 12.4. The Hall–Kier alpha value is -2.91. The van der Waals surface area contributed by atoms with Gasteiger partial charge in [-0.15, -0.1) is 0 Å². The zero-order valence-electron chi connectivity index (χ0n) is 35.0. The number of aliphatic hydroxyl groups excluding tert-OH is 3. The number of nitrogens with two attached hydrogens (primary N) is 1. The van der Waals surface area contributed by atoms with Crippen LogP contribution in [0.4, 0.5) is 10.6 Å². The van der Waals surface area contributed by atoms with E-state index in [2.05, 4.69) is 31.6 Å². The fourth-order valence-corrected chi connectivity index (χ4v) is 10.2. The number of urea groups is 1. The molecule has 10 N–H and O–H groups in total. The van der Waals surface area contributed by atoms with Crippen LogP contribution in [0.3, 0.4) is 0 Å².